The molecular formula is C19H25ClN2O5S. The van der Waals surface area contributed by atoms with Crippen LogP contribution in [0.2, 0.25) is 5.02 Å². The van der Waals surface area contributed by atoms with E-state index in [1.807, 2.05) is 12.1 Å². The first-order valence-corrected chi connectivity index (χ1v) is 11.2. The van der Waals surface area contributed by atoms with Gasteiger partial charge in [0.25, 0.3) is 0 Å². The molecule has 1 heterocycles. The average molecular weight is 429 g/mol. The zero-order valence-electron chi connectivity index (χ0n) is 16.1. The number of carbonyl (C=O) groups is 2. The summed E-state index contributed by atoms with van der Waals surface area (Å²) in [6.07, 6.45) is 0.340. The molecule has 3 rings (SSSR count). The minimum Gasteiger partial charge on any atom is -0.444 e. The molecule has 2 fully saturated rings. The molecular weight excluding hydrogens is 404 g/mol. The molecule has 154 valence electrons. The quantitative estimate of drug-likeness (QED) is 0.795. The summed E-state index contributed by atoms with van der Waals surface area (Å²) in [7, 11) is -3.86. The molecule has 1 aliphatic carbocycles. The Balaban J connectivity index is 1.55. The molecule has 7 nitrogen and oxygen atoms in total. The van der Waals surface area contributed by atoms with E-state index in [1.165, 1.54) is 4.90 Å². The number of amides is 2. The van der Waals surface area contributed by atoms with Crippen molar-refractivity contribution in [2.75, 3.05) is 13.1 Å². The molecule has 0 radical (unpaired) electrons. The highest BCUT2D eigenvalue weighted by atomic mass is 35.5. The summed E-state index contributed by atoms with van der Waals surface area (Å²) in [5.41, 5.74) is 0.323. The number of likely N-dealkylation sites (tertiary alicyclic amines) is 1. The van der Waals surface area contributed by atoms with Crippen molar-refractivity contribution < 1.29 is 22.7 Å². The number of hydrogen-bond acceptors (Lipinski definition) is 5. The molecule has 2 amide bonds. The minimum absolute atomic E-state index is 0.00862. The number of nitrogens with zero attached hydrogens (tertiary/aromatic N) is 1. The predicted molar refractivity (Wildman–Crippen MR) is 106 cm³/mol. The molecule has 1 N–H and O–H groups in total. The topological polar surface area (TPSA) is 92.8 Å². The zero-order valence-corrected chi connectivity index (χ0v) is 17.7. The Bertz CT molecular complexity index is 863. The van der Waals surface area contributed by atoms with Gasteiger partial charge in [0, 0.05) is 24.0 Å². The molecule has 28 heavy (non-hydrogen) atoms. The van der Waals surface area contributed by atoms with Crippen LogP contribution in [-0.4, -0.2) is 49.3 Å². The van der Waals surface area contributed by atoms with Gasteiger partial charge in [0.1, 0.15) is 5.60 Å². The smallest absolute Gasteiger partial charge is 0.410 e. The molecule has 9 heteroatoms. The van der Waals surface area contributed by atoms with E-state index in [4.69, 9.17) is 16.3 Å². The molecule has 2 aliphatic rings. The second kappa shape index (κ2) is 7.55. The fraction of sp³-hybridized carbons (Fsp3) is 0.579. The predicted octanol–water partition coefficient (Wildman–Crippen LogP) is 2.90. The summed E-state index contributed by atoms with van der Waals surface area (Å²) >= 11 is 5.87. The van der Waals surface area contributed by atoms with Crippen molar-refractivity contribution in [1.82, 2.24) is 9.62 Å². The van der Waals surface area contributed by atoms with Gasteiger partial charge in [-0.05, 0) is 57.2 Å². The molecule has 1 saturated carbocycles. The normalized spacial score (nSPS) is 24.7. The maximum Gasteiger partial charge on any atom is 0.410 e. The second-order valence-electron chi connectivity index (χ2n) is 8.35. The number of halogens is 1. The lowest BCUT2D eigenvalue weighted by Gasteiger charge is -2.24. The van der Waals surface area contributed by atoms with E-state index in [0.29, 0.717) is 11.4 Å². The Labute approximate surface area is 170 Å². The molecule has 1 aromatic rings. The molecule has 1 saturated heterocycles. The van der Waals surface area contributed by atoms with Crippen LogP contribution in [-0.2, 0) is 19.6 Å². The SMILES string of the molecule is CC(C)(C)OC(=O)N1CC[C@H](S(=O)(=O)NC(=O)[C@H]2C[C@@H]2c2ccc(Cl)cc2)C1. The third-order valence-corrected chi connectivity index (χ3v) is 6.90. The Hall–Kier alpha value is -1.80. The number of rotatable bonds is 4. The average Bonchev–Trinajstić information content (AvgIpc) is 3.20. The Kier molecular flexibility index (Phi) is 5.64. The van der Waals surface area contributed by atoms with Gasteiger partial charge in [-0.1, -0.05) is 23.7 Å². The van der Waals surface area contributed by atoms with E-state index < -0.39 is 32.9 Å². The van der Waals surface area contributed by atoms with Gasteiger partial charge in [0.05, 0.1) is 5.25 Å². The first-order valence-electron chi connectivity index (χ1n) is 9.25. The third kappa shape index (κ3) is 4.97. The first-order chi connectivity index (χ1) is 13.0. The van der Waals surface area contributed by atoms with Crippen LogP contribution < -0.4 is 4.72 Å². The lowest BCUT2D eigenvalue weighted by Crippen LogP contribution is -2.42. The maximum absolute atomic E-state index is 12.6. The fourth-order valence-corrected chi connectivity index (χ4v) is 4.85. The van der Waals surface area contributed by atoms with E-state index in [-0.39, 0.29) is 31.3 Å². The number of ether oxygens (including phenoxy) is 1. The van der Waals surface area contributed by atoms with Crippen LogP contribution >= 0.6 is 11.6 Å². The van der Waals surface area contributed by atoms with Gasteiger partial charge in [-0.2, -0.15) is 0 Å². The van der Waals surface area contributed by atoms with Crippen molar-refractivity contribution in [2.45, 2.75) is 50.4 Å². The van der Waals surface area contributed by atoms with Crippen molar-refractivity contribution in [3.63, 3.8) is 0 Å². The molecule has 0 unspecified atom stereocenters. The lowest BCUT2D eigenvalue weighted by molar-refractivity contribution is -0.120. The van der Waals surface area contributed by atoms with Crippen LogP contribution in [0.1, 0.15) is 45.1 Å². The standard InChI is InChI=1S/C19H25ClN2O5S/c1-19(2,3)27-18(24)22-9-8-14(11-22)28(25,26)21-17(23)16-10-15(16)12-4-6-13(20)7-5-12/h4-7,14-16H,8-11H2,1-3H3,(H,21,23)/t14-,15+,16-/m0/s1. The number of benzene rings is 1. The maximum atomic E-state index is 12.6. The Morgan fingerprint density at radius 2 is 1.86 bits per heavy atom. The number of nitrogens with one attached hydrogen (secondary N) is 1. The summed E-state index contributed by atoms with van der Waals surface area (Å²) in [4.78, 5) is 25.9. The van der Waals surface area contributed by atoms with Gasteiger partial charge in [-0.3, -0.25) is 9.52 Å². The van der Waals surface area contributed by atoms with Crippen LogP contribution in [0.15, 0.2) is 24.3 Å². The molecule has 1 aliphatic heterocycles. The molecule has 3 atom stereocenters. The molecule has 0 aromatic heterocycles. The van der Waals surface area contributed by atoms with Crippen LogP contribution in [0.4, 0.5) is 4.79 Å². The van der Waals surface area contributed by atoms with Crippen molar-refractivity contribution in [3.05, 3.63) is 34.9 Å². The van der Waals surface area contributed by atoms with Crippen LogP contribution in [0.25, 0.3) is 0 Å². The largest absolute Gasteiger partial charge is 0.444 e. The summed E-state index contributed by atoms with van der Waals surface area (Å²) in [6.45, 7) is 5.56. The number of carbonyl (C=O) groups excluding carboxylic acids is 2. The minimum atomic E-state index is -3.86. The zero-order chi connectivity index (χ0) is 20.7. The van der Waals surface area contributed by atoms with E-state index in [0.717, 1.165) is 5.56 Å². The van der Waals surface area contributed by atoms with Gasteiger partial charge in [0.2, 0.25) is 15.9 Å². The van der Waals surface area contributed by atoms with Crippen molar-refractivity contribution in [2.24, 2.45) is 5.92 Å². The van der Waals surface area contributed by atoms with Gasteiger partial charge in [-0.25, -0.2) is 13.2 Å². The van der Waals surface area contributed by atoms with Gasteiger partial charge >= 0.3 is 6.09 Å². The highest BCUT2D eigenvalue weighted by Gasteiger charge is 2.46. The second-order valence-corrected chi connectivity index (χ2v) is 10.7. The summed E-state index contributed by atoms with van der Waals surface area (Å²) in [5.74, 6) is -0.843. The Morgan fingerprint density at radius 1 is 1.21 bits per heavy atom. The summed E-state index contributed by atoms with van der Waals surface area (Å²) in [5, 5.41) is -0.208. The molecule has 1 aromatic carbocycles. The number of sulfonamides is 1. The molecule has 0 bridgehead atoms. The molecule has 0 spiro atoms. The van der Waals surface area contributed by atoms with Crippen molar-refractivity contribution in [1.29, 1.82) is 0 Å². The van der Waals surface area contributed by atoms with Gasteiger partial charge < -0.3 is 9.64 Å². The highest BCUT2D eigenvalue weighted by Crippen LogP contribution is 2.47. The number of hydrogen-bond donors (Lipinski definition) is 1. The van der Waals surface area contributed by atoms with Gasteiger partial charge in [-0.15, -0.1) is 0 Å². The van der Waals surface area contributed by atoms with E-state index in [2.05, 4.69) is 4.72 Å². The lowest BCUT2D eigenvalue weighted by atomic mass is 10.1. The van der Waals surface area contributed by atoms with Gasteiger partial charge in [0.15, 0.2) is 0 Å². The first kappa shape index (κ1) is 20.9. The van der Waals surface area contributed by atoms with Crippen LogP contribution in [0, 0.1) is 5.92 Å². The van der Waals surface area contributed by atoms with Crippen molar-refractivity contribution >= 4 is 33.6 Å². The summed E-state index contributed by atoms with van der Waals surface area (Å²) in [6, 6.07) is 7.21. The van der Waals surface area contributed by atoms with E-state index >= 15 is 0 Å². The van der Waals surface area contributed by atoms with Crippen molar-refractivity contribution in [3.8, 4) is 0 Å². The van der Waals surface area contributed by atoms with Crippen LogP contribution in [0.5, 0.6) is 0 Å². The van der Waals surface area contributed by atoms with E-state index in [1.54, 1.807) is 32.9 Å². The fourth-order valence-electron chi connectivity index (χ4n) is 3.34. The van der Waals surface area contributed by atoms with E-state index in [9.17, 15) is 18.0 Å². The highest BCUT2D eigenvalue weighted by molar-refractivity contribution is 7.90. The third-order valence-electron chi connectivity index (χ3n) is 4.90. The Morgan fingerprint density at radius 3 is 2.46 bits per heavy atom. The summed E-state index contributed by atoms with van der Waals surface area (Å²) < 4.78 is 32.7. The monoisotopic (exact) mass is 428 g/mol. The van der Waals surface area contributed by atoms with Crippen LogP contribution in [0.3, 0.4) is 0 Å².